The molecule has 1 aliphatic heterocycles. The number of rotatable bonds is 7. The van der Waals surface area contributed by atoms with Crippen LogP contribution in [0, 0.1) is 0 Å². The fraction of sp³-hybridized carbons (Fsp3) is 0.182. The van der Waals surface area contributed by atoms with E-state index in [9.17, 15) is 4.79 Å². The van der Waals surface area contributed by atoms with Crippen LogP contribution < -0.4 is 24.8 Å². The van der Waals surface area contributed by atoms with Crippen molar-refractivity contribution < 1.29 is 19.0 Å². The van der Waals surface area contributed by atoms with Crippen molar-refractivity contribution in [2.45, 2.75) is 6.42 Å². The molecular formula is C22H21N3O4. The maximum absolute atomic E-state index is 12.4. The highest BCUT2D eigenvalue weighted by molar-refractivity contribution is 5.94. The number of fused-ring (bicyclic) bond motifs is 1. The Morgan fingerprint density at radius 3 is 2.79 bits per heavy atom. The number of amides is 1. The van der Waals surface area contributed by atoms with Crippen LogP contribution in [-0.4, -0.2) is 31.3 Å². The second-order valence-electron chi connectivity index (χ2n) is 6.44. The highest BCUT2D eigenvalue weighted by atomic mass is 16.7. The average molecular weight is 391 g/mol. The fourth-order valence-corrected chi connectivity index (χ4v) is 3.05. The van der Waals surface area contributed by atoms with Crippen molar-refractivity contribution in [3.63, 3.8) is 0 Å². The number of methoxy groups -OCH3 is 1. The molecule has 2 heterocycles. The lowest BCUT2D eigenvalue weighted by Crippen LogP contribution is -2.25. The average Bonchev–Trinajstić information content (AvgIpc) is 3.22. The van der Waals surface area contributed by atoms with E-state index in [1.54, 1.807) is 25.4 Å². The first-order valence-electron chi connectivity index (χ1n) is 9.26. The van der Waals surface area contributed by atoms with Crippen LogP contribution in [0.2, 0.25) is 0 Å². The molecule has 2 N–H and O–H groups in total. The molecule has 148 valence electrons. The molecule has 3 aromatic rings. The minimum absolute atomic E-state index is 0.165. The van der Waals surface area contributed by atoms with Gasteiger partial charge in [0, 0.05) is 24.5 Å². The van der Waals surface area contributed by atoms with Crippen LogP contribution in [0.15, 0.2) is 60.8 Å². The molecule has 0 atom stereocenters. The summed E-state index contributed by atoms with van der Waals surface area (Å²) >= 11 is 0. The summed E-state index contributed by atoms with van der Waals surface area (Å²) < 4.78 is 16.0. The van der Waals surface area contributed by atoms with Gasteiger partial charge in [0.15, 0.2) is 11.5 Å². The van der Waals surface area contributed by atoms with Gasteiger partial charge in [0.25, 0.3) is 5.91 Å². The molecule has 0 saturated heterocycles. The first-order chi connectivity index (χ1) is 14.2. The Balaban J connectivity index is 1.32. The lowest BCUT2D eigenvalue weighted by molar-refractivity contribution is 0.0953. The first kappa shape index (κ1) is 18.6. The number of nitrogens with zero attached hydrogens (tertiary/aromatic N) is 1. The summed E-state index contributed by atoms with van der Waals surface area (Å²) in [6, 6.07) is 16.8. The van der Waals surface area contributed by atoms with Crippen molar-refractivity contribution in [1.29, 1.82) is 0 Å². The number of benzene rings is 2. The number of carbonyl (C=O) groups excluding carboxylic acids is 1. The minimum atomic E-state index is -0.165. The Hall–Kier alpha value is -3.74. The largest absolute Gasteiger partial charge is 0.496 e. The number of pyridine rings is 1. The number of nitrogens with one attached hydrogen (secondary N) is 2. The topological polar surface area (TPSA) is 81.7 Å². The van der Waals surface area contributed by atoms with Gasteiger partial charge in [-0.05, 0) is 42.3 Å². The fourth-order valence-electron chi connectivity index (χ4n) is 3.05. The van der Waals surface area contributed by atoms with Crippen LogP contribution >= 0.6 is 0 Å². The van der Waals surface area contributed by atoms with Crippen LogP contribution in [0.5, 0.6) is 17.2 Å². The van der Waals surface area contributed by atoms with Crippen molar-refractivity contribution in [1.82, 2.24) is 10.3 Å². The number of hydrogen-bond donors (Lipinski definition) is 2. The maximum atomic E-state index is 12.4. The highest BCUT2D eigenvalue weighted by Gasteiger charge is 2.13. The normalized spacial score (nSPS) is 11.8. The molecule has 0 bridgehead atoms. The second-order valence-corrected chi connectivity index (χ2v) is 6.44. The zero-order valence-electron chi connectivity index (χ0n) is 16.0. The van der Waals surface area contributed by atoms with Gasteiger partial charge < -0.3 is 24.8 Å². The van der Waals surface area contributed by atoms with Crippen LogP contribution in [0.25, 0.3) is 0 Å². The van der Waals surface area contributed by atoms with E-state index in [0.717, 1.165) is 22.7 Å². The summed E-state index contributed by atoms with van der Waals surface area (Å²) in [4.78, 5) is 16.7. The molecular weight excluding hydrogens is 370 g/mol. The summed E-state index contributed by atoms with van der Waals surface area (Å²) in [7, 11) is 1.64. The number of carbonyl (C=O) groups is 1. The second kappa shape index (κ2) is 8.52. The molecule has 4 rings (SSSR count). The van der Waals surface area contributed by atoms with E-state index in [2.05, 4.69) is 15.6 Å². The Kier molecular flexibility index (Phi) is 5.47. The van der Waals surface area contributed by atoms with Crippen molar-refractivity contribution in [3.8, 4) is 17.2 Å². The van der Waals surface area contributed by atoms with Gasteiger partial charge in [0.2, 0.25) is 6.79 Å². The lowest BCUT2D eigenvalue weighted by Gasteiger charge is -2.10. The third kappa shape index (κ3) is 4.40. The molecule has 1 aliphatic rings. The van der Waals surface area contributed by atoms with Crippen molar-refractivity contribution in [2.75, 3.05) is 25.8 Å². The Labute approximate surface area is 168 Å². The van der Waals surface area contributed by atoms with E-state index in [0.29, 0.717) is 30.1 Å². The van der Waals surface area contributed by atoms with E-state index >= 15 is 0 Å². The standard InChI is InChI=1S/C22H21N3O4/c1-27-18-5-3-2-4-15(18)10-11-23-22(26)16-6-9-21(24-13-16)25-17-7-8-19-20(12-17)29-14-28-19/h2-9,12-13H,10-11,14H2,1H3,(H,23,26)(H,24,25). The van der Waals surface area contributed by atoms with Crippen LogP contribution in [-0.2, 0) is 6.42 Å². The zero-order valence-corrected chi connectivity index (χ0v) is 16.0. The summed E-state index contributed by atoms with van der Waals surface area (Å²) in [6.07, 6.45) is 2.24. The molecule has 7 heteroatoms. The quantitative estimate of drug-likeness (QED) is 0.641. The number of hydrogen-bond acceptors (Lipinski definition) is 6. The summed E-state index contributed by atoms with van der Waals surface area (Å²) in [5.74, 6) is 2.71. The molecule has 7 nitrogen and oxygen atoms in total. The molecule has 0 saturated carbocycles. The number of anilines is 2. The van der Waals surface area contributed by atoms with E-state index in [-0.39, 0.29) is 12.7 Å². The third-order valence-corrected chi connectivity index (χ3v) is 4.54. The lowest BCUT2D eigenvalue weighted by atomic mass is 10.1. The van der Waals surface area contributed by atoms with Gasteiger partial charge >= 0.3 is 0 Å². The van der Waals surface area contributed by atoms with Crippen molar-refractivity contribution in [3.05, 3.63) is 71.9 Å². The van der Waals surface area contributed by atoms with Gasteiger partial charge in [-0.25, -0.2) is 4.98 Å². The molecule has 0 spiro atoms. The van der Waals surface area contributed by atoms with Crippen molar-refractivity contribution >= 4 is 17.4 Å². The zero-order chi connectivity index (χ0) is 20.1. The Bertz CT molecular complexity index is 1010. The van der Waals surface area contributed by atoms with Gasteiger partial charge in [-0.2, -0.15) is 0 Å². The molecule has 2 aromatic carbocycles. The van der Waals surface area contributed by atoms with Crippen LogP contribution in [0.4, 0.5) is 11.5 Å². The van der Waals surface area contributed by atoms with Crippen molar-refractivity contribution in [2.24, 2.45) is 0 Å². The van der Waals surface area contributed by atoms with Crippen LogP contribution in [0.1, 0.15) is 15.9 Å². The first-order valence-corrected chi connectivity index (χ1v) is 9.26. The van der Waals surface area contributed by atoms with Gasteiger partial charge in [-0.3, -0.25) is 4.79 Å². The van der Waals surface area contributed by atoms with E-state index in [1.807, 2.05) is 42.5 Å². The SMILES string of the molecule is COc1ccccc1CCNC(=O)c1ccc(Nc2ccc3c(c2)OCO3)nc1. The molecule has 29 heavy (non-hydrogen) atoms. The molecule has 0 radical (unpaired) electrons. The van der Waals surface area contributed by atoms with Crippen LogP contribution in [0.3, 0.4) is 0 Å². The van der Waals surface area contributed by atoms with E-state index in [1.165, 1.54) is 0 Å². The Morgan fingerprint density at radius 1 is 1.10 bits per heavy atom. The molecule has 1 amide bonds. The van der Waals surface area contributed by atoms with E-state index in [4.69, 9.17) is 14.2 Å². The monoisotopic (exact) mass is 391 g/mol. The summed E-state index contributed by atoms with van der Waals surface area (Å²) in [6.45, 7) is 0.744. The van der Waals surface area contributed by atoms with Gasteiger partial charge in [0.05, 0.1) is 12.7 Å². The number of aromatic nitrogens is 1. The predicted molar refractivity (Wildman–Crippen MR) is 109 cm³/mol. The number of para-hydroxylation sites is 1. The smallest absolute Gasteiger partial charge is 0.252 e. The summed E-state index contributed by atoms with van der Waals surface area (Å²) in [5, 5.41) is 6.10. The highest BCUT2D eigenvalue weighted by Crippen LogP contribution is 2.34. The third-order valence-electron chi connectivity index (χ3n) is 4.54. The summed E-state index contributed by atoms with van der Waals surface area (Å²) in [5.41, 5.74) is 2.38. The number of ether oxygens (including phenoxy) is 3. The maximum Gasteiger partial charge on any atom is 0.252 e. The van der Waals surface area contributed by atoms with E-state index < -0.39 is 0 Å². The molecule has 0 fully saturated rings. The minimum Gasteiger partial charge on any atom is -0.496 e. The molecule has 0 aliphatic carbocycles. The molecule has 0 unspecified atom stereocenters. The Morgan fingerprint density at radius 2 is 1.97 bits per heavy atom. The molecule has 1 aromatic heterocycles. The predicted octanol–water partition coefficient (Wildman–Crippen LogP) is 3.54. The van der Waals surface area contributed by atoms with Gasteiger partial charge in [-0.15, -0.1) is 0 Å². The van der Waals surface area contributed by atoms with Gasteiger partial charge in [-0.1, -0.05) is 18.2 Å². The van der Waals surface area contributed by atoms with Gasteiger partial charge in [0.1, 0.15) is 11.6 Å².